The summed E-state index contributed by atoms with van der Waals surface area (Å²) in [7, 11) is -1.90. The average molecular weight is 422 g/mol. The molecule has 152 valence electrons. The first kappa shape index (κ1) is 21.0. The zero-order valence-electron chi connectivity index (χ0n) is 16.5. The highest BCUT2D eigenvalue weighted by atomic mass is 32.2. The van der Waals surface area contributed by atoms with E-state index in [1.54, 1.807) is 19.2 Å². The number of nitrogens with one attached hydrogen (secondary N) is 1. The van der Waals surface area contributed by atoms with E-state index < -0.39 is 10.0 Å². The zero-order valence-corrected chi connectivity index (χ0v) is 18.1. The van der Waals surface area contributed by atoms with Gasteiger partial charge in [-0.2, -0.15) is 4.31 Å². The van der Waals surface area contributed by atoms with Gasteiger partial charge in [0.1, 0.15) is 0 Å². The number of amides is 1. The Balaban J connectivity index is 1.70. The van der Waals surface area contributed by atoms with E-state index in [0.717, 1.165) is 31.4 Å². The van der Waals surface area contributed by atoms with Crippen LogP contribution in [0.15, 0.2) is 34.5 Å². The molecule has 3 rings (SSSR count). The predicted molar refractivity (Wildman–Crippen MR) is 112 cm³/mol. The van der Waals surface area contributed by atoms with Gasteiger partial charge >= 0.3 is 0 Å². The van der Waals surface area contributed by atoms with Crippen molar-refractivity contribution in [1.82, 2.24) is 9.29 Å². The number of carbonyl (C=O) groups is 1. The lowest BCUT2D eigenvalue weighted by Gasteiger charge is -2.30. The van der Waals surface area contributed by atoms with Crippen LogP contribution < -0.4 is 5.32 Å². The van der Waals surface area contributed by atoms with Gasteiger partial charge in [-0.15, -0.1) is 11.3 Å². The maximum atomic E-state index is 12.9. The molecule has 28 heavy (non-hydrogen) atoms. The molecule has 8 heteroatoms. The van der Waals surface area contributed by atoms with Crippen molar-refractivity contribution >= 4 is 32.4 Å². The fourth-order valence-corrected chi connectivity index (χ4v) is 5.65. The Morgan fingerprint density at radius 1 is 1.18 bits per heavy atom. The number of carbonyl (C=O) groups excluding carboxylic acids is 1. The molecule has 1 saturated carbocycles. The SMILES string of the molecule is CC(C)c1csc(NC(=O)c2ccc(S(=O)(=O)N(C)C3CCCCC3)cc2)n1. The lowest BCUT2D eigenvalue weighted by atomic mass is 9.96. The van der Waals surface area contributed by atoms with E-state index >= 15 is 0 Å². The molecule has 1 N–H and O–H groups in total. The molecule has 0 aliphatic heterocycles. The zero-order chi connectivity index (χ0) is 20.3. The van der Waals surface area contributed by atoms with Crippen molar-refractivity contribution in [3.63, 3.8) is 0 Å². The summed E-state index contributed by atoms with van der Waals surface area (Å²) in [5.74, 6) is 0.00165. The van der Waals surface area contributed by atoms with Crippen LogP contribution in [0, 0.1) is 0 Å². The van der Waals surface area contributed by atoms with Crippen LogP contribution in [0.5, 0.6) is 0 Å². The summed E-state index contributed by atoms with van der Waals surface area (Å²) in [4.78, 5) is 17.0. The van der Waals surface area contributed by atoms with Gasteiger partial charge < -0.3 is 0 Å². The van der Waals surface area contributed by atoms with Crippen molar-refractivity contribution in [3.8, 4) is 0 Å². The minimum atomic E-state index is -3.55. The van der Waals surface area contributed by atoms with Crippen molar-refractivity contribution in [2.45, 2.75) is 62.8 Å². The van der Waals surface area contributed by atoms with E-state index in [2.05, 4.69) is 10.3 Å². The second-order valence-corrected chi connectivity index (χ2v) is 10.4. The Hall–Kier alpha value is -1.77. The van der Waals surface area contributed by atoms with Gasteiger partial charge in [-0.1, -0.05) is 33.1 Å². The standard InChI is InChI=1S/C20H27N3O3S2/c1-14(2)18-13-27-20(21-18)22-19(24)15-9-11-17(12-10-15)28(25,26)23(3)16-7-5-4-6-8-16/h9-14,16H,4-8H2,1-3H3,(H,21,22,24). The average Bonchev–Trinajstić information content (AvgIpc) is 3.17. The van der Waals surface area contributed by atoms with Gasteiger partial charge in [0.05, 0.1) is 10.6 Å². The van der Waals surface area contributed by atoms with Gasteiger partial charge in [0.15, 0.2) is 5.13 Å². The molecule has 0 atom stereocenters. The fourth-order valence-electron chi connectivity index (χ4n) is 3.36. The van der Waals surface area contributed by atoms with Gasteiger partial charge in [0, 0.05) is 24.0 Å². The van der Waals surface area contributed by atoms with Crippen molar-refractivity contribution in [2.24, 2.45) is 0 Å². The molecule has 0 spiro atoms. The number of thiazole rings is 1. The van der Waals surface area contributed by atoms with Crippen LogP contribution in [-0.4, -0.2) is 36.7 Å². The summed E-state index contributed by atoms with van der Waals surface area (Å²) in [5.41, 5.74) is 1.34. The number of benzene rings is 1. The van der Waals surface area contributed by atoms with Crippen molar-refractivity contribution < 1.29 is 13.2 Å². The number of sulfonamides is 1. The number of nitrogens with zero attached hydrogens (tertiary/aromatic N) is 2. The van der Waals surface area contributed by atoms with E-state index in [9.17, 15) is 13.2 Å². The summed E-state index contributed by atoms with van der Waals surface area (Å²) >= 11 is 1.38. The van der Waals surface area contributed by atoms with Gasteiger partial charge in [-0.3, -0.25) is 10.1 Å². The Morgan fingerprint density at radius 3 is 2.39 bits per heavy atom. The van der Waals surface area contributed by atoms with Crippen molar-refractivity contribution in [2.75, 3.05) is 12.4 Å². The Morgan fingerprint density at radius 2 is 1.82 bits per heavy atom. The van der Waals surface area contributed by atoms with Crippen LogP contribution in [0.25, 0.3) is 0 Å². The molecule has 2 aromatic rings. The van der Waals surface area contributed by atoms with Gasteiger partial charge in [0.2, 0.25) is 10.0 Å². The Labute approximate surface area is 171 Å². The molecule has 0 unspecified atom stereocenters. The molecule has 0 bridgehead atoms. The number of hydrogen-bond donors (Lipinski definition) is 1. The molecular weight excluding hydrogens is 394 g/mol. The summed E-state index contributed by atoms with van der Waals surface area (Å²) in [6, 6.07) is 6.17. The highest BCUT2D eigenvalue weighted by Gasteiger charge is 2.29. The smallest absolute Gasteiger partial charge is 0.257 e. The highest BCUT2D eigenvalue weighted by Crippen LogP contribution is 2.27. The van der Waals surface area contributed by atoms with Gasteiger partial charge in [0.25, 0.3) is 5.91 Å². The molecule has 1 heterocycles. The lowest BCUT2D eigenvalue weighted by Crippen LogP contribution is -2.38. The topological polar surface area (TPSA) is 79.4 Å². The second-order valence-electron chi connectivity index (χ2n) is 7.52. The van der Waals surface area contributed by atoms with Gasteiger partial charge in [-0.05, 0) is 43.0 Å². The summed E-state index contributed by atoms with van der Waals surface area (Å²) < 4.78 is 27.3. The molecule has 1 fully saturated rings. The maximum absolute atomic E-state index is 12.9. The quantitative estimate of drug-likeness (QED) is 0.746. The first-order valence-electron chi connectivity index (χ1n) is 9.64. The number of rotatable bonds is 6. The van der Waals surface area contributed by atoms with Crippen molar-refractivity contribution in [3.05, 3.63) is 40.9 Å². The third kappa shape index (κ3) is 4.61. The normalized spacial score (nSPS) is 15.9. The molecule has 1 aromatic carbocycles. The Bertz CT molecular complexity index is 914. The largest absolute Gasteiger partial charge is 0.298 e. The molecule has 6 nitrogen and oxygen atoms in total. The molecule has 0 saturated heterocycles. The van der Waals surface area contributed by atoms with E-state index in [-0.39, 0.29) is 16.8 Å². The van der Waals surface area contributed by atoms with Crippen LogP contribution >= 0.6 is 11.3 Å². The second kappa shape index (κ2) is 8.71. The van der Waals surface area contributed by atoms with E-state index in [1.165, 1.54) is 34.2 Å². The number of hydrogen-bond acceptors (Lipinski definition) is 5. The summed E-state index contributed by atoms with van der Waals surface area (Å²) in [5, 5.41) is 5.25. The molecule has 1 aliphatic rings. The van der Waals surface area contributed by atoms with Crippen LogP contribution in [0.1, 0.15) is 67.9 Å². The molecule has 1 aliphatic carbocycles. The maximum Gasteiger partial charge on any atom is 0.257 e. The lowest BCUT2D eigenvalue weighted by molar-refractivity contribution is 0.102. The molecule has 1 amide bonds. The summed E-state index contributed by atoms with van der Waals surface area (Å²) in [6.07, 6.45) is 5.12. The molecular formula is C20H27N3O3S2. The van der Waals surface area contributed by atoms with Crippen LogP contribution in [-0.2, 0) is 10.0 Å². The third-order valence-electron chi connectivity index (χ3n) is 5.22. The van der Waals surface area contributed by atoms with E-state index in [1.807, 2.05) is 19.2 Å². The Kier molecular flexibility index (Phi) is 6.52. The summed E-state index contributed by atoms with van der Waals surface area (Å²) in [6.45, 7) is 4.09. The highest BCUT2D eigenvalue weighted by molar-refractivity contribution is 7.89. The van der Waals surface area contributed by atoms with E-state index in [0.29, 0.717) is 16.6 Å². The number of aromatic nitrogens is 1. The van der Waals surface area contributed by atoms with Crippen LogP contribution in [0.3, 0.4) is 0 Å². The minimum Gasteiger partial charge on any atom is -0.298 e. The number of anilines is 1. The van der Waals surface area contributed by atoms with Gasteiger partial charge in [-0.25, -0.2) is 13.4 Å². The van der Waals surface area contributed by atoms with Crippen LogP contribution in [0.4, 0.5) is 5.13 Å². The van der Waals surface area contributed by atoms with Crippen LogP contribution in [0.2, 0.25) is 0 Å². The first-order valence-corrected chi connectivity index (χ1v) is 12.0. The monoisotopic (exact) mass is 421 g/mol. The van der Waals surface area contributed by atoms with E-state index in [4.69, 9.17) is 0 Å². The third-order valence-corrected chi connectivity index (χ3v) is 7.92. The first-order chi connectivity index (χ1) is 13.3. The molecule has 0 radical (unpaired) electrons. The fraction of sp³-hybridized carbons (Fsp3) is 0.500. The van der Waals surface area contributed by atoms with Crippen molar-refractivity contribution in [1.29, 1.82) is 0 Å². The predicted octanol–water partition coefficient (Wildman–Crippen LogP) is 4.47. The molecule has 1 aromatic heterocycles. The minimum absolute atomic E-state index is 0.0572.